The first kappa shape index (κ1) is 16.6. The van der Waals surface area contributed by atoms with Crippen molar-refractivity contribution in [3.05, 3.63) is 41.2 Å². The number of ether oxygens (including phenoxy) is 1. The molecule has 0 saturated heterocycles. The molecular weight excluding hydrogens is 320 g/mol. The molecule has 22 heavy (non-hydrogen) atoms. The molecule has 0 aliphatic rings. The lowest BCUT2D eigenvalue weighted by atomic mass is 10.3. The highest BCUT2D eigenvalue weighted by Gasteiger charge is 2.03. The summed E-state index contributed by atoms with van der Waals surface area (Å²) in [7, 11) is 1.64. The van der Waals surface area contributed by atoms with Crippen molar-refractivity contribution in [2.24, 2.45) is 0 Å². The molecule has 0 spiro atoms. The highest BCUT2D eigenvalue weighted by atomic mass is 35.5. The van der Waals surface area contributed by atoms with Gasteiger partial charge in [-0.05, 0) is 37.7 Å². The van der Waals surface area contributed by atoms with Crippen molar-refractivity contribution in [1.82, 2.24) is 15.1 Å². The van der Waals surface area contributed by atoms with E-state index in [1.165, 1.54) is 0 Å². The average molecular weight is 339 g/mol. The lowest BCUT2D eigenvalue weighted by Gasteiger charge is -2.11. The Morgan fingerprint density at radius 1 is 1.45 bits per heavy atom. The molecule has 1 aromatic heterocycles. The van der Waals surface area contributed by atoms with Crippen molar-refractivity contribution in [3.63, 3.8) is 0 Å². The van der Waals surface area contributed by atoms with E-state index in [1.54, 1.807) is 13.3 Å². The fourth-order valence-corrected chi connectivity index (χ4v) is 2.32. The van der Waals surface area contributed by atoms with Gasteiger partial charge in [-0.15, -0.1) is 0 Å². The number of anilines is 1. The van der Waals surface area contributed by atoms with Crippen molar-refractivity contribution in [2.45, 2.75) is 19.9 Å². The van der Waals surface area contributed by atoms with Crippen LogP contribution in [0, 0.1) is 6.92 Å². The molecule has 118 valence electrons. The van der Waals surface area contributed by atoms with Gasteiger partial charge in [0.1, 0.15) is 5.75 Å². The number of halogens is 1. The third-order valence-electron chi connectivity index (χ3n) is 3.20. The van der Waals surface area contributed by atoms with Crippen LogP contribution in [0.5, 0.6) is 5.75 Å². The number of hydrogen-bond acceptors (Lipinski definition) is 3. The molecule has 0 aliphatic heterocycles. The normalized spacial score (nSPS) is 10.3. The van der Waals surface area contributed by atoms with Crippen LogP contribution in [0.3, 0.4) is 0 Å². The van der Waals surface area contributed by atoms with Gasteiger partial charge in [-0.1, -0.05) is 17.7 Å². The second-order valence-corrected chi connectivity index (χ2v) is 5.58. The van der Waals surface area contributed by atoms with Gasteiger partial charge in [-0.2, -0.15) is 5.10 Å². The summed E-state index contributed by atoms with van der Waals surface area (Å²) in [6.07, 6.45) is 2.57. The van der Waals surface area contributed by atoms with Crippen LogP contribution in [0.4, 0.5) is 5.69 Å². The van der Waals surface area contributed by atoms with Gasteiger partial charge >= 0.3 is 0 Å². The van der Waals surface area contributed by atoms with Crippen LogP contribution in [0.2, 0.25) is 5.02 Å². The molecule has 7 heteroatoms. The van der Waals surface area contributed by atoms with Crippen LogP contribution >= 0.6 is 23.8 Å². The monoisotopic (exact) mass is 338 g/mol. The Morgan fingerprint density at radius 2 is 2.27 bits per heavy atom. The lowest BCUT2D eigenvalue weighted by Crippen LogP contribution is -2.29. The fourth-order valence-electron chi connectivity index (χ4n) is 1.96. The van der Waals surface area contributed by atoms with Gasteiger partial charge in [0.2, 0.25) is 0 Å². The minimum Gasteiger partial charge on any atom is -0.497 e. The van der Waals surface area contributed by atoms with Crippen molar-refractivity contribution in [3.8, 4) is 5.75 Å². The summed E-state index contributed by atoms with van der Waals surface area (Å²) in [4.78, 5) is 0. The number of thiocarbonyl (C=S) groups is 1. The van der Waals surface area contributed by atoms with Gasteiger partial charge in [0.25, 0.3) is 0 Å². The molecule has 5 nitrogen and oxygen atoms in total. The number of benzene rings is 1. The number of nitrogens with zero attached hydrogens (tertiary/aromatic N) is 2. The summed E-state index contributed by atoms with van der Waals surface area (Å²) in [5.74, 6) is 0.791. The molecule has 0 fully saturated rings. The quantitative estimate of drug-likeness (QED) is 0.625. The minimum absolute atomic E-state index is 0.587. The van der Waals surface area contributed by atoms with Crippen LogP contribution in [0.1, 0.15) is 12.1 Å². The molecule has 1 heterocycles. The maximum absolute atomic E-state index is 5.97. The zero-order valence-electron chi connectivity index (χ0n) is 12.6. The topological polar surface area (TPSA) is 51.1 Å². The van der Waals surface area contributed by atoms with Crippen LogP contribution in [-0.4, -0.2) is 28.5 Å². The Bertz CT molecular complexity index is 644. The highest BCUT2D eigenvalue weighted by molar-refractivity contribution is 7.80. The van der Waals surface area contributed by atoms with Crippen molar-refractivity contribution >= 4 is 34.6 Å². The standard InChI is InChI=1S/C15H19ClN4OS/c1-11-14(16)10-18-20(11)8-4-7-17-15(22)19-12-5-3-6-13(9-12)21-2/h3,5-6,9-10H,4,7-8H2,1-2H3,(H2,17,19,22). The predicted octanol–water partition coefficient (Wildman–Crippen LogP) is 3.23. The molecule has 0 radical (unpaired) electrons. The summed E-state index contributed by atoms with van der Waals surface area (Å²) < 4.78 is 7.06. The number of nitrogens with one attached hydrogen (secondary N) is 2. The summed E-state index contributed by atoms with van der Waals surface area (Å²) in [6, 6.07) is 7.63. The number of aromatic nitrogens is 2. The molecule has 1 aromatic carbocycles. The maximum atomic E-state index is 5.97. The third-order valence-corrected chi connectivity index (χ3v) is 3.82. The molecule has 0 unspecified atom stereocenters. The molecular formula is C15H19ClN4OS. The Morgan fingerprint density at radius 3 is 2.95 bits per heavy atom. The van der Waals surface area contributed by atoms with E-state index in [1.807, 2.05) is 35.9 Å². The number of rotatable bonds is 6. The molecule has 2 N–H and O–H groups in total. The molecule has 0 saturated carbocycles. The first-order chi connectivity index (χ1) is 10.6. The summed E-state index contributed by atoms with van der Waals surface area (Å²) >= 11 is 11.2. The molecule has 2 rings (SSSR count). The minimum atomic E-state index is 0.587. The Labute approximate surface area is 140 Å². The summed E-state index contributed by atoms with van der Waals surface area (Å²) in [5.41, 5.74) is 1.88. The van der Waals surface area contributed by atoms with Crippen LogP contribution < -0.4 is 15.4 Å². The van der Waals surface area contributed by atoms with Gasteiger partial charge in [0.05, 0.1) is 24.0 Å². The van der Waals surface area contributed by atoms with Crippen LogP contribution in [0.25, 0.3) is 0 Å². The molecule has 0 bridgehead atoms. The second kappa shape index (κ2) is 8.00. The van der Waals surface area contributed by atoms with Crippen molar-refractivity contribution < 1.29 is 4.74 Å². The van der Waals surface area contributed by atoms with E-state index < -0.39 is 0 Å². The van der Waals surface area contributed by atoms with Gasteiger partial charge in [0, 0.05) is 24.8 Å². The van der Waals surface area contributed by atoms with E-state index in [0.29, 0.717) is 10.1 Å². The zero-order chi connectivity index (χ0) is 15.9. The lowest BCUT2D eigenvalue weighted by molar-refractivity contribution is 0.415. The van der Waals surface area contributed by atoms with E-state index in [9.17, 15) is 0 Å². The molecule has 2 aromatic rings. The van der Waals surface area contributed by atoms with E-state index in [-0.39, 0.29) is 0 Å². The van der Waals surface area contributed by atoms with Crippen molar-refractivity contribution in [1.29, 1.82) is 0 Å². The number of hydrogen-bond donors (Lipinski definition) is 2. The third kappa shape index (κ3) is 4.61. The first-order valence-corrected chi connectivity index (χ1v) is 7.75. The average Bonchev–Trinajstić information content (AvgIpc) is 2.83. The summed E-state index contributed by atoms with van der Waals surface area (Å²) in [6.45, 7) is 3.51. The predicted molar refractivity (Wildman–Crippen MR) is 93.8 cm³/mol. The largest absolute Gasteiger partial charge is 0.497 e. The maximum Gasteiger partial charge on any atom is 0.170 e. The smallest absolute Gasteiger partial charge is 0.170 e. The van der Waals surface area contributed by atoms with Gasteiger partial charge < -0.3 is 15.4 Å². The van der Waals surface area contributed by atoms with E-state index in [4.69, 9.17) is 28.6 Å². The molecule has 0 atom stereocenters. The van der Waals surface area contributed by atoms with Crippen molar-refractivity contribution in [2.75, 3.05) is 19.0 Å². The van der Waals surface area contributed by atoms with Gasteiger partial charge in [-0.25, -0.2) is 0 Å². The highest BCUT2D eigenvalue weighted by Crippen LogP contribution is 2.16. The number of methoxy groups -OCH3 is 1. The molecule has 0 aliphatic carbocycles. The Kier molecular flexibility index (Phi) is 6.03. The fraction of sp³-hybridized carbons (Fsp3) is 0.333. The van der Waals surface area contributed by atoms with E-state index in [2.05, 4.69) is 15.7 Å². The Balaban J connectivity index is 1.72. The first-order valence-electron chi connectivity index (χ1n) is 6.97. The van der Waals surface area contributed by atoms with Gasteiger partial charge in [-0.3, -0.25) is 4.68 Å². The van der Waals surface area contributed by atoms with E-state index >= 15 is 0 Å². The Hall–Kier alpha value is -1.79. The molecule has 0 amide bonds. The SMILES string of the molecule is COc1cccc(NC(=S)NCCCn2ncc(Cl)c2C)c1. The van der Waals surface area contributed by atoms with Gasteiger partial charge in [0.15, 0.2) is 5.11 Å². The van der Waals surface area contributed by atoms with Crippen LogP contribution in [-0.2, 0) is 6.54 Å². The van der Waals surface area contributed by atoms with Crippen LogP contribution in [0.15, 0.2) is 30.5 Å². The zero-order valence-corrected chi connectivity index (χ0v) is 14.2. The summed E-state index contributed by atoms with van der Waals surface area (Å²) in [5, 5.41) is 11.8. The van der Waals surface area contributed by atoms with E-state index in [0.717, 1.165) is 36.6 Å². The second-order valence-electron chi connectivity index (χ2n) is 4.77. The number of aryl methyl sites for hydroxylation is 1.